The molecular formula is C11H10F5NO2. The molecular weight excluding hydrogens is 273 g/mol. The van der Waals surface area contributed by atoms with Crippen molar-refractivity contribution in [2.45, 2.75) is 19.0 Å². The van der Waals surface area contributed by atoms with E-state index in [-0.39, 0.29) is 6.61 Å². The van der Waals surface area contributed by atoms with Crippen LogP contribution in [0.1, 0.15) is 22.3 Å². The SMILES string of the molecule is O=C(CCOCC(F)F)c1cnccc1C(F)(F)F. The van der Waals surface area contributed by atoms with Crippen LogP contribution < -0.4 is 0 Å². The number of ketones is 1. The quantitative estimate of drug-likeness (QED) is 0.458. The molecule has 0 aliphatic carbocycles. The normalized spacial score (nSPS) is 11.9. The van der Waals surface area contributed by atoms with Gasteiger partial charge in [0.25, 0.3) is 6.43 Å². The van der Waals surface area contributed by atoms with Crippen LogP contribution in [0.5, 0.6) is 0 Å². The van der Waals surface area contributed by atoms with Gasteiger partial charge >= 0.3 is 6.18 Å². The Bertz CT molecular complexity index is 433. The monoisotopic (exact) mass is 283 g/mol. The summed E-state index contributed by atoms with van der Waals surface area (Å²) in [7, 11) is 0. The van der Waals surface area contributed by atoms with Gasteiger partial charge in [0.1, 0.15) is 6.61 Å². The summed E-state index contributed by atoms with van der Waals surface area (Å²) < 4.78 is 65.7. The van der Waals surface area contributed by atoms with Gasteiger partial charge in [0.2, 0.25) is 0 Å². The minimum atomic E-state index is -4.67. The van der Waals surface area contributed by atoms with Crippen molar-refractivity contribution in [1.82, 2.24) is 4.98 Å². The van der Waals surface area contributed by atoms with Gasteiger partial charge in [-0.3, -0.25) is 9.78 Å². The fourth-order valence-electron chi connectivity index (χ4n) is 1.34. The van der Waals surface area contributed by atoms with E-state index in [0.717, 1.165) is 12.4 Å². The van der Waals surface area contributed by atoms with E-state index in [1.165, 1.54) is 0 Å². The summed E-state index contributed by atoms with van der Waals surface area (Å²) in [6, 6.07) is 0.688. The maximum Gasteiger partial charge on any atom is 0.417 e. The van der Waals surface area contributed by atoms with Crippen molar-refractivity contribution in [1.29, 1.82) is 0 Å². The highest BCUT2D eigenvalue weighted by Gasteiger charge is 2.34. The summed E-state index contributed by atoms with van der Waals surface area (Å²) in [5.41, 5.74) is -1.68. The molecule has 19 heavy (non-hydrogen) atoms. The Morgan fingerprint density at radius 1 is 1.37 bits per heavy atom. The minimum Gasteiger partial charge on any atom is -0.375 e. The van der Waals surface area contributed by atoms with Crippen LogP contribution in [-0.2, 0) is 10.9 Å². The number of hydrogen-bond acceptors (Lipinski definition) is 3. The molecule has 0 N–H and O–H groups in total. The van der Waals surface area contributed by atoms with Crippen LogP contribution in [0.2, 0.25) is 0 Å². The van der Waals surface area contributed by atoms with Gasteiger partial charge in [-0.15, -0.1) is 0 Å². The van der Waals surface area contributed by atoms with Crippen molar-refractivity contribution in [2.24, 2.45) is 0 Å². The van der Waals surface area contributed by atoms with Crippen LogP contribution in [0, 0.1) is 0 Å². The number of aromatic nitrogens is 1. The topological polar surface area (TPSA) is 39.2 Å². The zero-order chi connectivity index (χ0) is 14.5. The molecule has 0 spiro atoms. The number of ether oxygens (including phenoxy) is 1. The third-order valence-electron chi connectivity index (χ3n) is 2.14. The molecule has 0 aromatic carbocycles. The number of Topliss-reactive ketones (excluding diaryl/α,β-unsaturated/α-hetero) is 1. The number of carbonyl (C=O) groups is 1. The lowest BCUT2D eigenvalue weighted by molar-refractivity contribution is -0.138. The highest BCUT2D eigenvalue weighted by molar-refractivity contribution is 5.97. The maximum absolute atomic E-state index is 12.6. The Kier molecular flexibility index (Phi) is 5.34. The van der Waals surface area contributed by atoms with E-state index in [4.69, 9.17) is 0 Å². The van der Waals surface area contributed by atoms with E-state index in [1.54, 1.807) is 0 Å². The average Bonchev–Trinajstić information content (AvgIpc) is 2.33. The van der Waals surface area contributed by atoms with Crippen LogP contribution in [0.15, 0.2) is 18.5 Å². The largest absolute Gasteiger partial charge is 0.417 e. The molecule has 0 saturated carbocycles. The lowest BCUT2D eigenvalue weighted by atomic mass is 10.0. The fraction of sp³-hybridized carbons (Fsp3) is 0.455. The highest BCUT2D eigenvalue weighted by Crippen LogP contribution is 2.31. The Labute approximate surface area is 105 Å². The van der Waals surface area contributed by atoms with Crippen LogP contribution in [-0.4, -0.2) is 30.4 Å². The van der Waals surface area contributed by atoms with E-state index in [9.17, 15) is 26.7 Å². The first-order chi connectivity index (χ1) is 8.82. The van der Waals surface area contributed by atoms with Crippen LogP contribution in [0.4, 0.5) is 22.0 Å². The number of nitrogens with zero attached hydrogens (tertiary/aromatic N) is 1. The third kappa shape index (κ3) is 4.90. The van der Waals surface area contributed by atoms with Crippen molar-refractivity contribution in [2.75, 3.05) is 13.2 Å². The Balaban J connectivity index is 2.67. The molecule has 1 heterocycles. The predicted molar refractivity (Wildman–Crippen MR) is 55.0 cm³/mol. The molecule has 1 aromatic rings. The van der Waals surface area contributed by atoms with Crippen molar-refractivity contribution in [3.63, 3.8) is 0 Å². The lowest BCUT2D eigenvalue weighted by Crippen LogP contribution is -2.15. The second-order valence-electron chi connectivity index (χ2n) is 3.56. The first kappa shape index (κ1) is 15.5. The number of carbonyl (C=O) groups excluding carboxylic acids is 1. The number of halogens is 5. The number of hydrogen-bond donors (Lipinski definition) is 0. The zero-order valence-corrected chi connectivity index (χ0v) is 9.58. The highest BCUT2D eigenvalue weighted by atomic mass is 19.4. The second-order valence-corrected chi connectivity index (χ2v) is 3.56. The Morgan fingerprint density at radius 3 is 2.63 bits per heavy atom. The van der Waals surface area contributed by atoms with Gasteiger partial charge in [0, 0.05) is 24.4 Å². The molecule has 1 rings (SSSR count). The van der Waals surface area contributed by atoms with Gasteiger partial charge in [-0.2, -0.15) is 13.2 Å². The van der Waals surface area contributed by atoms with Gasteiger partial charge in [0.05, 0.1) is 12.2 Å². The van der Waals surface area contributed by atoms with Crippen molar-refractivity contribution in [3.05, 3.63) is 29.6 Å². The molecule has 0 amide bonds. The Hall–Kier alpha value is -1.57. The van der Waals surface area contributed by atoms with Crippen molar-refractivity contribution < 1.29 is 31.5 Å². The first-order valence-corrected chi connectivity index (χ1v) is 5.22. The fourth-order valence-corrected chi connectivity index (χ4v) is 1.34. The summed E-state index contributed by atoms with van der Waals surface area (Å²) in [6.07, 6.45) is -6.04. The first-order valence-electron chi connectivity index (χ1n) is 5.22. The smallest absolute Gasteiger partial charge is 0.375 e. The molecule has 106 valence electrons. The van der Waals surface area contributed by atoms with E-state index in [0.29, 0.717) is 6.07 Å². The van der Waals surface area contributed by atoms with Crippen LogP contribution in [0.25, 0.3) is 0 Å². The summed E-state index contributed by atoms with van der Waals surface area (Å²) in [5, 5.41) is 0. The van der Waals surface area contributed by atoms with Gasteiger partial charge in [-0.25, -0.2) is 8.78 Å². The zero-order valence-electron chi connectivity index (χ0n) is 9.58. The summed E-state index contributed by atoms with van der Waals surface area (Å²) in [6.45, 7) is -1.22. The van der Waals surface area contributed by atoms with E-state index >= 15 is 0 Å². The predicted octanol–water partition coefficient (Wildman–Crippen LogP) is 2.95. The van der Waals surface area contributed by atoms with Gasteiger partial charge in [-0.1, -0.05) is 0 Å². The lowest BCUT2D eigenvalue weighted by Gasteiger charge is -2.11. The summed E-state index contributed by atoms with van der Waals surface area (Å²) >= 11 is 0. The van der Waals surface area contributed by atoms with Crippen molar-refractivity contribution in [3.8, 4) is 0 Å². The molecule has 0 atom stereocenters. The molecule has 0 aliphatic heterocycles. The molecule has 0 unspecified atom stereocenters. The molecule has 8 heteroatoms. The molecule has 0 bridgehead atoms. The summed E-state index contributed by atoms with van der Waals surface area (Å²) in [4.78, 5) is 15.0. The molecule has 0 radical (unpaired) electrons. The minimum absolute atomic E-state index is 0.366. The van der Waals surface area contributed by atoms with E-state index < -0.39 is 42.5 Å². The average molecular weight is 283 g/mol. The van der Waals surface area contributed by atoms with E-state index in [2.05, 4.69) is 9.72 Å². The van der Waals surface area contributed by atoms with Crippen LogP contribution >= 0.6 is 0 Å². The Morgan fingerprint density at radius 2 is 2.05 bits per heavy atom. The summed E-state index contributed by atoms with van der Waals surface area (Å²) in [5.74, 6) is -0.852. The number of alkyl halides is 5. The number of rotatable bonds is 6. The maximum atomic E-state index is 12.6. The van der Waals surface area contributed by atoms with Gasteiger partial charge in [0.15, 0.2) is 5.78 Å². The van der Waals surface area contributed by atoms with Crippen LogP contribution in [0.3, 0.4) is 0 Å². The molecule has 1 aromatic heterocycles. The molecule has 0 saturated heterocycles. The second kappa shape index (κ2) is 6.55. The third-order valence-corrected chi connectivity index (χ3v) is 2.14. The molecule has 0 fully saturated rings. The van der Waals surface area contributed by atoms with E-state index in [1.807, 2.05) is 0 Å². The van der Waals surface area contributed by atoms with Crippen molar-refractivity contribution >= 4 is 5.78 Å². The molecule has 3 nitrogen and oxygen atoms in total. The number of pyridine rings is 1. The van der Waals surface area contributed by atoms with Gasteiger partial charge < -0.3 is 4.74 Å². The van der Waals surface area contributed by atoms with Gasteiger partial charge in [-0.05, 0) is 6.07 Å². The standard InChI is InChI=1S/C11H10F5NO2/c12-10(13)6-19-4-2-9(18)7-5-17-3-1-8(7)11(14,15)16/h1,3,5,10H,2,4,6H2. The molecule has 0 aliphatic rings.